The minimum absolute atomic E-state index is 0.0182. The first-order chi connectivity index (χ1) is 15.0. The van der Waals surface area contributed by atoms with Gasteiger partial charge in [0, 0.05) is 36.6 Å². The Morgan fingerprint density at radius 1 is 1.13 bits per heavy atom. The molecule has 1 saturated heterocycles. The lowest BCUT2D eigenvalue weighted by atomic mass is 10.1. The van der Waals surface area contributed by atoms with Gasteiger partial charge in [-0.2, -0.15) is 0 Å². The summed E-state index contributed by atoms with van der Waals surface area (Å²) in [4.78, 5) is 41.4. The number of carbonyl (C=O) groups excluding carboxylic acids is 3. The predicted octanol–water partition coefficient (Wildman–Crippen LogP) is 4.09. The van der Waals surface area contributed by atoms with Gasteiger partial charge in [0.1, 0.15) is 5.82 Å². The van der Waals surface area contributed by atoms with Crippen LogP contribution in [0.1, 0.15) is 17.5 Å². The first-order valence-corrected chi connectivity index (χ1v) is 10.7. The lowest BCUT2D eigenvalue weighted by Crippen LogP contribution is -2.34. The van der Waals surface area contributed by atoms with Crippen molar-refractivity contribution in [2.45, 2.75) is 12.8 Å². The number of amides is 3. The number of rotatable bonds is 7. The molecular weight excluding hydrogens is 417 g/mol. The molecule has 0 bridgehead atoms. The molecule has 6 nitrogen and oxygen atoms in total. The van der Waals surface area contributed by atoms with Crippen molar-refractivity contribution < 1.29 is 18.8 Å². The number of thioether (sulfide) groups is 1. The molecule has 4 rings (SSSR count). The molecule has 3 amide bonds. The summed E-state index contributed by atoms with van der Waals surface area (Å²) in [5, 5.41) is 3.55. The second kappa shape index (κ2) is 9.18. The summed E-state index contributed by atoms with van der Waals surface area (Å²) in [6.45, 7) is 0.484. The molecule has 0 aliphatic carbocycles. The largest absolute Gasteiger partial charge is 0.361 e. The number of carbonyl (C=O) groups is 3. The highest BCUT2D eigenvalue weighted by Crippen LogP contribution is 2.32. The highest BCUT2D eigenvalue weighted by molar-refractivity contribution is 8.18. The molecule has 3 aromatic rings. The molecule has 2 N–H and O–H groups in total. The maximum Gasteiger partial charge on any atom is 0.293 e. The Labute approximate surface area is 182 Å². The van der Waals surface area contributed by atoms with Crippen LogP contribution < -0.4 is 5.32 Å². The van der Waals surface area contributed by atoms with Crippen molar-refractivity contribution in [3.05, 3.63) is 76.6 Å². The lowest BCUT2D eigenvalue weighted by Gasteiger charge is -2.12. The van der Waals surface area contributed by atoms with E-state index in [0.717, 1.165) is 33.1 Å². The fourth-order valence-electron chi connectivity index (χ4n) is 3.38. The molecule has 31 heavy (non-hydrogen) atoms. The zero-order valence-electron chi connectivity index (χ0n) is 16.6. The third-order valence-electron chi connectivity index (χ3n) is 5.00. The minimum atomic E-state index is -0.439. The van der Waals surface area contributed by atoms with Gasteiger partial charge in [-0.05, 0) is 53.6 Å². The van der Waals surface area contributed by atoms with E-state index >= 15 is 0 Å². The van der Waals surface area contributed by atoms with Crippen molar-refractivity contribution >= 4 is 45.8 Å². The van der Waals surface area contributed by atoms with Gasteiger partial charge in [0.15, 0.2) is 0 Å². The molecule has 8 heteroatoms. The molecule has 1 aliphatic rings. The molecule has 1 aliphatic heterocycles. The van der Waals surface area contributed by atoms with E-state index in [2.05, 4.69) is 10.3 Å². The third kappa shape index (κ3) is 4.86. The highest BCUT2D eigenvalue weighted by Gasteiger charge is 2.34. The standard InChI is InChI=1S/C23H20FN3O3S/c24-17-7-5-15(6-8-17)13-20-22(29)27(23(30)31-20)12-10-21(28)25-11-9-16-14-26-19-4-2-1-3-18(16)19/h1-8,13-14,26H,9-12H2,(H,25,28). The van der Waals surface area contributed by atoms with E-state index in [9.17, 15) is 18.8 Å². The number of nitrogens with zero attached hydrogens (tertiary/aromatic N) is 1. The molecule has 1 fully saturated rings. The number of hydrogen-bond donors (Lipinski definition) is 2. The van der Waals surface area contributed by atoms with Crippen molar-refractivity contribution in [2.24, 2.45) is 0 Å². The van der Waals surface area contributed by atoms with Crippen molar-refractivity contribution in [1.29, 1.82) is 0 Å². The Morgan fingerprint density at radius 2 is 1.90 bits per heavy atom. The first kappa shape index (κ1) is 20.9. The summed E-state index contributed by atoms with van der Waals surface area (Å²) in [5.41, 5.74) is 2.80. The second-order valence-electron chi connectivity index (χ2n) is 7.09. The number of hydrogen-bond acceptors (Lipinski definition) is 4. The number of nitrogens with one attached hydrogen (secondary N) is 2. The van der Waals surface area contributed by atoms with Crippen LogP contribution in [0.15, 0.2) is 59.6 Å². The van der Waals surface area contributed by atoms with E-state index in [1.54, 1.807) is 6.08 Å². The maximum absolute atomic E-state index is 13.0. The van der Waals surface area contributed by atoms with E-state index in [1.807, 2.05) is 30.5 Å². The Morgan fingerprint density at radius 3 is 2.71 bits per heavy atom. The number of para-hydroxylation sites is 1. The Balaban J connectivity index is 1.27. The summed E-state index contributed by atoms with van der Waals surface area (Å²) in [6.07, 6.45) is 4.20. The van der Waals surface area contributed by atoms with E-state index in [1.165, 1.54) is 24.3 Å². The molecule has 2 heterocycles. The van der Waals surface area contributed by atoms with Gasteiger partial charge < -0.3 is 10.3 Å². The lowest BCUT2D eigenvalue weighted by molar-refractivity contribution is -0.124. The molecule has 0 atom stereocenters. The fourth-order valence-corrected chi connectivity index (χ4v) is 4.24. The summed E-state index contributed by atoms with van der Waals surface area (Å²) in [5.74, 6) is -1.03. The van der Waals surface area contributed by atoms with E-state index in [4.69, 9.17) is 0 Å². The van der Waals surface area contributed by atoms with Crippen LogP contribution in [-0.4, -0.2) is 40.0 Å². The molecule has 158 valence electrons. The third-order valence-corrected chi connectivity index (χ3v) is 5.90. The van der Waals surface area contributed by atoms with Gasteiger partial charge in [0.2, 0.25) is 5.91 Å². The molecular formula is C23H20FN3O3S. The smallest absolute Gasteiger partial charge is 0.293 e. The van der Waals surface area contributed by atoms with Gasteiger partial charge in [-0.3, -0.25) is 19.3 Å². The van der Waals surface area contributed by atoms with Crippen LogP contribution in [0.25, 0.3) is 17.0 Å². The monoisotopic (exact) mass is 437 g/mol. The summed E-state index contributed by atoms with van der Waals surface area (Å²) in [6, 6.07) is 13.6. The number of H-pyrrole nitrogens is 1. The predicted molar refractivity (Wildman–Crippen MR) is 119 cm³/mol. The second-order valence-corrected chi connectivity index (χ2v) is 8.09. The Kier molecular flexibility index (Phi) is 6.18. The van der Waals surface area contributed by atoms with Crippen molar-refractivity contribution in [3.63, 3.8) is 0 Å². The Hall–Kier alpha value is -3.39. The number of aromatic amines is 1. The molecule has 0 saturated carbocycles. The van der Waals surface area contributed by atoms with Gasteiger partial charge in [0.05, 0.1) is 4.91 Å². The van der Waals surface area contributed by atoms with Crippen molar-refractivity contribution in [2.75, 3.05) is 13.1 Å². The van der Waals surface area contributed by atoms with E-state index in [0.29, 0.717) is 18.5 Å². The van der Waals surface area contributed by atoms with Crippen LogP contribution in [0.3, 0.4) is 0 Å². The van der Waals surface area contributed by atoms with Gasteiger partial charge in [-0.25, -0.2) is 4.39 Å². The number of fused-ring (bicyclic) bond motifs is 1. The molecule has 2 aromatic carbocycles. The molecule has 0 radical (unpaired) electrons. The van der Waals surface area contributed by atoms with Crippen LogP contribution in [0.5, 0.6) is 0 Å². The first-order valence-electron chi connectivity index (χ1n) is 9.84. The van der Waals surface area contributed by atoms with Crippen LogP contribution in [-0.2, 0) is 16.0 Å². The number of halogens is 1. The molecule has 1 aromatic heterocycles. The van der Waals surface area contributed by atoms with Crippen LogP contribution in [0, 0.1) is 5.82 Å². The average Bonchev–Trinajstić information content (AvgIpc) is 3.29. The minimum Gasteiger partial charge on any atom is -0.361 e. The van der Waals surface area contributed by atoms with Gasteiger partial charge in [-0.15, -0.1) is 0 Å². The molecule has 0 unspecified atom stereocenters. The topological polar surface area (TPSA) is 82.3 Å². The molecule has 0 spiro atoms. The SMILES string of the molecule is O=C(CCN1C(=O)SC(=Cc2ccc(F)cc2)C1=O)NCCc1c[nH]c2ccccc12. The fraction of sp³-hybridized carbons (Fsp3) is 0.174. The van der Waals surface area contributed by atoms with Crippen molar-refractivity contribution in [3.8, 4) is 0 Å². The van der Waals surface area contributed by atoms with Gasteiger partial charge >= 0.3 is 0 Å². The van der Waals surface area contributed by atoms with E-state index < -0.39 is 11.1 Å². The average molecular weight is 437 g/mol. The summed E-state index contributed by atoms with van der Waals surface area (Å²) in [7, 11) is 0. The zero-order valence-corrected chi connectivity index (χ0v) is 17.4. The zero-order chi connectivity index (χ0) is 21.8. The Bertz CT molecular complexity index is 1170. The van der Waals surface area contributed by atoms with Gasteiger partial charge in [-0.1, -0.05) is 30.3 Å². The quantitative estimate of drug-likeness (QED) is 0.546. The van der Waals surface area contributed by atoms with Gasteiger partial charge in [0.25, 0.3) is 11.1 Å². The maximum atomic E-state index is 13.0. The highest BCUT2D eigenvalue weighted by atomic mass is 32.2. The summed E-state index contributed by atoms with van der Waals surface area (Å²) >= 11 is 0.819. The normalized spacial score (nSPS) is 15.3. The van der Waals surface area contributed by atoms with Crippen LogP contribution in [0.4, 0.5) is 9.18 Å². The van der Waals surface area contributed by atoms with Crippen LogP contribution >= 0.6 is 11.8 Å². The van der Waals surface area contributed by atoms with Crippen molar-refractivity contribution in [1.82, 2.24) is 15.2 Å². The van der Waals surface area contributed by atoms with E-state index in [-0.39, 0.29) is 29.6 Å². The number of benzene rings is 2. The number of imide groups is 1. The summed E-state index contributed by atoms with van der Waals surface area (Å²) < 4.78 is 13.0. The number of aromatic nitrogens is 1. The van der Waals surface area contributed by atoms with Crippen LogP contribution in [0.2, 0.25) is 0 Å².